The van der Waals surface area contributed by atoms with Gasteiger partial charge in [0.1, 0.15) is 0 Å². The molecule has 0 unspecified atom stereocenters. The monoisotopic (exact) mass is 250 g/mol. The molecule has 0 aromatic carbocycles. The van der Waals surface area contributed by atoms with Crippen molar-refractivity contribution < 1.29 is 0 Å². The van der Waals surface area contributed by atoms with Gasteiger partial charge in [-0.2, -0.15) is 0 Å². The van der Waals surface area contributed by atoms with Crippen LogP contribution >= 0.6 is 0 Å². The molecular weight excluding hydrogens is 227 g/mol. The van der Waals surface area contributed by atoms with Gasteiger partial charge in [-0.1, -0.05) is 0 Å². The zero-order valence-corrected chi connectivity index (χ0v) is 11.1. The van der Waals surface area contributed by atoms with Gasteiger partial charge in [0.05, 0.1) is 0 Å². The Morgan fingerprint density at radius 1 is 0.700 bits per heavy atom. The second-order valence-corrected chi connectivity index (χ2v) is 13.1. The van der Waals surface area contributed by atoms with E-state index in [1.165, 1.54) is 19.3 Å². The second kappa shape index (κ2) is 7.90. The zero-order valence-electron chi connectivity index (χ0n) is 7.82. The predicted molar refractivity (Wildman–Crippen MR) is 52.4 cm³/mol. The molecule has 0 saturated heterocycles. The summed E-state index contributed by atoms with van der Waals surface area (Å²) >= 11 is -0.880. The van der Waals surface area contributed by atoms with Gasteiger partial charge in [-0.25, -0.2) is 0 Å². The van der Waals surface area contributed by atoms with E-state index in [9.17, 15) is 0 Å². The molecule has 0 heterocycles. The molecule has 0 aromatic heterocycles. The van der Waals surface area contributed by atoms with E-state index in [4.69, 9.17) is 0 Å². The third-order valence-corrected chi connectivity index (χ3v) is 14.0. The van der Waals surface area contributed by atoms with Gasteiger partial charge in [0.2, 0.25) is 0 Å². The quantitative estimate of drug-likeness (QED) is 0.632. The van der Waals surface area contributed by atoms with E-state index < -0.39 is 19.8 Å². The van der Waals surface area contributed by atoms with Crippen LogP contribution < -0.4 is 0 Å². The van der Waals surface area contributed by atoms with Gasteiger partial charge in [0.25, 0.3) is 0 Å². The van der Waals surface area contributed by atoms with Crippen molar-refractivity contribution in [3.8, 4) is 0 Å². The summed E-state index contributed by atoms with van der Waals surface area (Å²) in [6.45, 7) is 7.03. The molecule has 0 aromatic rings. The summed E-state index contributed by atoms with van der Waals surface area (Å²) in [5.41, 5.74) is 0. The van der Waals surface area contributed by atoms with E-state index in [1.54, 1.807) is 13.3 Å². The molecule has 1 heteroatoms. The van der Waals surface area contributed by atoms with Crippen LogP contribution in [0.3, 0.4) is 0 Å². The van der Waals surface area contributed by atoms with Gasteiger partial charge < -0.3 is 0 Å². The number of hydrogen-bond donors (Lipinski definition) is 0. The fourth-order valence-electron chi connectivity index (χ4n) is 1.66. The van der Waals surface area contributed by atoms with Crippen LogP contribution in [0, 0.1) is 0 Å². The Hall–Kier alpha value is 0.799. The molecule has 0 rings (SSSR count). The summed E-state index contributed by atoms with van der Waals surface area (Å²) in [4.78, 5) is 0. The van der Waals surface area contributed by atoms with Crippen molar-refractivity contribution >= 4 is 19.8 Å². The molecule has 0 saturated carbocycles. The molecule has 0 aliphatic rings. The van der Waals surface area contributed by atoms with E-state index in [2.05, 4.69) is 20.8 Å². The van der Waals surface area contributed by atoms with Crippen LogP contribution in [0.15, 0.2) is 0 Å². The zero-order chi connectivity index (χ0) is 7.82. The minimum atomic E-state index is -0.880. The van der Waals surface area contributed by atoms with Crippen LogP contribution in [0.4, 0.5) is 0 Å². The van der Waals surface area contributed by atoms with E-state index >= 15 is 0 Å². The number of rotatable bonds is 6. The summed E-state index contributed by atoms with van der Waals surface area (Å²) in [6.07, 6.45) is 4.38. The molecule has 0 fully saturated rings. The molecule has 0 aliphatic carbocycles. The van der Waals surface area contributed by atoms with Crippen molar-refractivity contribution in [3.63, 3.8) is 0 Å². The second-order valence-electron chi connectivity index (χ2n) is 3.23. The fourth-order valence-corrected chi connectivity index (χ4v) is 11.1. The average Bonchev–Trinajstić information content (AvgIpc) is 1.90. The Bertz CT molecular complexity index is 47.5. The van der Waals surface area contributed by atoms with Gasteiger partial charge in [-0.05, 0) is 0 Å². The maximum absolute atomic E-state index is 2.34. The Balaban J connectivity index is 3.30. The Morgan fingerprint density at radius 3 is 1.20 bits per heavy atom. The molecule has 62 valence electrons. The molecule has 0 aliphatic heterocycles. The van der Waals surface area contributed by atoms with Gasteiger partial charge in [-0.15, -0.1) is 0 Å². The van der Waals surface area contributed by atoms with Crippen LogP contribution in [0.25, 0.3) is 0 Å². The fraction of sp³-hybridized carbons (Fsp3) is 1.00. The molecule has 0 radical (unpaired) electrons. The van der Waals surface area contributed by atoms with Crippen LogP contribution in [-0.4, -0.2) is 19.8 Å². The Labute approximate surface area is 73.1 Å². The number of hydrogen-bond acceptors (Lipinski definition) is 0. The van der Waals surface area contributed by atoms with Crippen LogP contribution in [-0.2, 0) is 0 Å². The molecule has 10 heavy (non-hydrogen) atoms. The van der Waals surface area contributed by atoms with Gasteiger partial charge in [-0.3, -0.25) is 0 Å². The summed E-state index contributed by atoms with van der Waals surface area (Å²) in [7, 11) is 0. The summed E-state index contributed by atoms with van der Waals surface area (Å²) in [5, 5.41) is 0. The van der Waals surface area contributed by atoms with Crippen molar-refractivity contribution in [1.82, 2.24) is 0 Å². The summed E-state index contributed by atoms with van der Waals surface area (Å²) in [5.74, 6) is 0. The Kier molecular flexibility index (Phi) is 8.53. The van der Waals surface area contributed by atoms with Crippen LogP contribution in [0.1, 0.15) is 40.0 Å². The molecule has 0 amide bonds. The van der Waals surface area contributed by atoms with E-state index in [0.29, 0.717) is 0 Å². The SMILES string of the molecule is CC[CH2][SnH]([CH2]CC)[CH2]CC. The van der Waals surface area contributed by atoms with Crippen molar-refractivity contribution in [1.29, 1.82) is 0 Å². The summed E-state index contributed by atoms with van der Waals surface area (Å²) in [6, 6.07) is 0. The molecule has 0 spiro atoms. The Morgan fingerprint density at radius 2 is 1.00 bits per heavy atom. The minimum absolute atomic E-state index is 0.880. The van der Waals surface area contributed by atoms with Gasteiger partial charge >= 0.3 is 73.1 Å². The first-order chi connectivity index (χ1) is 4.85. The third kappa shape index (κ3) is 5.57. The maximum atomic E-state index is 2.34. The summed E-state index contributed by atoms with van der Waals surface area (Å²) < 4.78 is 4.97. The third-order valence-electron chi connectivity index (χ3n) is 2.09. The first kappa shape index (κ1) is 10.8. The van der Waals surface area contributed by atoms with E-state index in [0.717, 1.165) is 0 Å². The van der Waals surface area contributed by atoms with Gasteiger partial charge in [0, 0.05) is 0 Å². The molecule has 0 atom stereocenters. The predicted octanol–water partition coefficient (Wildman–Crippen LogP) is 3.44. The first-order valence-corrected chi connectivity index (χ1v) is 11.8. The van der Waals surface area contributed by atoms with Crippen molar-refractivity contribution in [2.45, 2.75) is 53.3 Å². The topological polar surface area (TPSA) is 0 Å². The molecule has 0 bridgehead atoms. The average molecular weight is 249 g/mol. The van der Waals surface area contributed by atoms with E-state index in [-0.39, 0.29) is 0 Å². The van der Waals surface area contributed by atoms with E-state index in [1.807, 2.05) is 0 Å². The van der Waals surface area contributed by atoms with Crippen molar-refractivity contribution in [3.05, 3.63) is 0 Å². The standard InChI is InChI=1S/3C3H7.Sn.H/c3*1-3-2;;/h3*1,3H2,2H3;;. The molecular formula is C9H22Sn. The van der Waals surface area contributed by atoms with Gasteiger partial charge in [0.15, 0.2) is 0 Å². The normalized spacial score (nSPS) is 10.8. The van der Waals surface area contributed by atoms with Crippen LogP contribution in [0.2, 0.25) is 13.3 Å². The van der Waals surface area contributed by atoms with Crippen molar-refractivity contribution in [2.24, 2.45) is 0 Å². The van der Waals surface area contributed by atoms with Crippen molar-refractivity contribution in [2.75, 3.05) is 0 Å². The van der Waals surface area contributed by atoms with Crippen LogP contribution in [0.5, 0.6) is 0 Å². The molecule has 0 N–H and O–H groups in total. The first-order valence-electron chi connectivity index (χ1n) is 4.85. The molecule has 0 nitrogen and oxygen atoms in total.